The zero-order valence-corrected chi connectivity index (χ0v) is 22.8. The first-order valence-corrected chi connectivity index (χ1v) is 13.4. The van der Waals surface area contributed by atoms with E-state index in [1.165, 1.54) is 27.8 Å². The fourth-order valence-electron chi connectivity index (χ4n) is 3.92. The van der Waals surface area contributed by atoms with Crippen LogP contribution in [-0.2, 0) is 18.8 Å². The fraction of sp³-hybridized carbons (Fsp3) is 0.219. The highest BCUT2D eigenvalue weighted by Gasteiger charge is 2.16. The molecule has 4 aromatic rings. The summed E-state index contributed by atoms with van der Waals surface area (Å²) in [5, 5.41) is 0.985. The first-order valence-electron chi connectivity index (χ1n) is 12.4. The molecule has 4 nitrogen and oxygen atoms in total. The van der Waals surface area contributed by atoms with Crippen molar-refractivity contribution in [2.45, 2.75) is 32.7 Å². The summed E-state index contributed by atoms with van der Waals surface area (Å²) in [7, 11) is 3.39. The number of nitrogens with zero attached hydrogens (tertiary/aromatic N) is 2. The molecule has 0 unspecified atom stereocenters. The van der Waals surface area contributed by atoms with Crippen LogP contribution in [0.2, 0.25) is 0 Å². The van der Waals surface area contributed by atoms with Gasteiger partial charge >= 0.3 is 0 Å². The minimum atomic E-state index is 0.724. The molecule has 0 aliphatic rings. The molecule has 0 heterocycles. The fourth-order valence-corrected chi connectivity index (χ4v) is 4.89. The van der Waals surface area contributed by atoms with Crippen LogP contribution in [-0.4, -0.2) is 24.3 Å². The van der Waals surface area contributed by atoms with Crippen molar-refractivity contribution in [2.24, 2.45) is 4.99 Å². The van der Waals surface area contributed by atoms with Crippen molar-refractivity contribution in [1.29, 1.82) is 0 Å². The van der Waals surface area contributed by atoms with E-state index in [0.717, 1.165) is 41.2 Å². The lowest BCUT2D eigenvalue weighted by Crippen LogP contribution is -2.28. The third-order valence-electron chi connectivity index (χ3n) is 6.26. The van der Waals surface area contributed by atoms with E-state index in [-0.39, 0.29) is 0 Å². The summed E-state index contributed by atoms with van der Waals surface area (Å²) in [4.78, 5) is 7.55. The van der Waals surface area contributed by atoms with Gasteiger partial charge in [-0.15, -0.1) is 0 Å². The predicted octanol–water partition coefficient (Wildman–Crippen LogP) is 7.94. The molecule has 0 spiro atoms. The highest BCUT2D eigenvalue weighted by Crippen LogP contribution is 2.26. The Bertz CT molecular complexity index is 1250. The lowest BCUT2D eigenvalue weighted by Gasteiger charge is -2.26. The zero-order valence-electron chi connectivity index (χ0n) is 22.0. The van der Waals surface area contributed by atoms with E-state index in [0.29, 0.717) is 0 Å². The van der Waals surface area contributed by atoms with Gasteiger partial charge in [-0.1, -0.05) is 72.4 Å². The van der Waals surface area contributed by atoms with Crippen molar-refractivity contribution in [3.05, 3.63) is 125 Å². The number of methoxy groups -OCH3 is 2. The van der Waals surface area contributed by atoms with Gasteiger partial charge in [0, 0.05) is 18.8 Å². The summed E-state index contributed by atoms with van der Waals surface area (Å²) in [6.07, 6.45) is 0. The molecule has 4 rings (SSSR count). The van der Waals surface area contributed by atoms with E-state index >= 15 is 0 Å². The third-order valence-corrected chi connectivity index (χ3v) is 7.35. The molecule has 0 N–H and O–H groups in total. The number of thioether (sulfide) groups is 1. The summed E-state index contributed by atoms with van der Waals surface area (Å²) in [6, 6.07) is 33.5. The molecule has 0 amide bonds. The maximum absolute atomic E-state index is 5.37. The van der Waals surface area contributed by atoms with Crippen molar-refractivity contribution in [2.75, 3.05) is 14.2 Å². The lowest BCUT2D eigenvalue weighted by atomic mass is 10.1. The molecule has 0 aromatic heterocycles. The Hall–Kier alpha value is -3.70. The number of benzene rings is 4. The van der Waals surface area contributed by atoms with Crippen LogP contribution in [0, 0.1) is 13.8 Å². The molecule has 4 aromatic carbocycles. The molecule has 5 heteroatoms. The molecule has 0 saturated carbocycles. The van der Waals surface area contributed by atoms with E-state index in [4.69, 9.17) is 14.5 Å². The van der Waals surface area contributed by atoms with Crippen LogP contribution in [0.4, 0.5) is 5.69 Å². The van der Waals surface area contributed by atoms with Crippen LogP contribution < -0.4 is 9.47 Å². The smallest absolute Gasteiger partial charge is 0.165 e. The Morgan fingerprint density at radius 1 is 0.676 bits per heavy atom. The van der Waals surface area contributed by atoms with Gasteiger partial charge in [-0.2, -0.15) is 0 Å². The van der Waals surface area contributed by atoms with Crippen molar-refractivity contribution in [1.82, 2.24) is 4.90 Å². The van der Waals surface area contributed by atoms with Crippen LogP contribution in [0.25, 0.3) is 0 Å². The Morgan fingerprint density at radius 2 is 1.24 bits per heavy atom. The molecule has 0 fully saturated rings. The van der Waals surface area contributed by atoms with Gasteiger partial charge < -0.3 is 14.4 Å². The van der Waals surface area contributed by atoms with Gasteiger partial charge in [-0.25, -0.2) is 4.99 Å². The van der Waals surface area contributed by atoms with Gasteiger partial charge in [0.25, 0.3) is 0 Å². The summed E-state index contributed by atoms with van der Waals surface area (Å²) in [5.74, 6) is 2.55. The summed E-state index contributed by atoms with van der Waals surface area (Å²) in [6.45, 7) is 5.72. The quantitative estimate of drug-likeness (QED) is 0.169. The van der Waals surface area contributed by atoms with E-state index in [1.807, 2.05) is 24.3 Å². The molecule has 0 atom stereocenters. The van der Waals surface area contributed by atoms with E-state index < -0.39 is 0 Å². The zero-order chi connectivity index (χ0) is 26.0. The standard InChI is InChI=1S/C32H34N2O2S/c1-24-10-15-29(20-25(24)2)33-32(37-23-28-8-6-5-7-9-28)34(21-26-11-16-30(35-3)17-12-26)22-27-13-18-31(36-4)19-14-27/h5-20H,21-23H2,1-4H3. The molecule has 37 heavy (non-hydrogen) atoms. The van der Waals surface area contributed by atoms with Gasteiger partial charge in [0.15, 0.2) is 5.17 Å². The molecule has 0 aliphatic heterocycles. The van der Waals surface area contributed by atoms with Crippen LogP contribution in [0.15, 0.2) is 102 Å². The molecule has 0 bridgehead atoms. The molecule has 0 saturated heterocycles. The van der Waals surface area contributed by atoms with Crippen molar-refractivity contribution >= 4 is 22.6 Å². The average molecular weight is 511 g/mol. The number of hydrogen-bond donors (Lipinski definition) is 0. The van der Waals surface area contributed by atoms with Crippen LogP contribution in [0.5, 0.6) is 11.5 Å². The predicted molar refractivity (Wildman–Crippen MR) is 156 cm³/mol. The van der Waals surface area contributed by atoms with Crippen LogP contribution in [0.3, 0.4) is 0 Å². The largest absolute Gasteiger partial charge is 0.497 e. The van der Waals surface area contributed by atoms with Crippen LogP contribution >= 0.6 is 11.8 Å². The second-order valence-corrected chi connectivity index (χ2v) is 9.93. The number of rotatable bonds is 9. The number of aryl methyl sites for hydroxylation is 2. The number of ether oxygens (including phenoxy) is 2. The Morgan fingerprint density at radius 3 is 1.76 bits per heavy atom. The maximum atomic E-state index is 5.37. The van der Waals surface area contributed by atoms with Crippen LogP contribution in [0.1, 0.15) is 27.8 Å². The SMILES string of the molecule is COc1ccc(CN(Cc2ccc(OC)cc2)C(=Nc2ccc(C)c(C)c2)SCc2ccccc2)cc1. The number of amidine groups is 1. The monoisotopic (exact) mass is 510 g/mol. The van der Waals surface area contributed by atoms with Crippen molar-refractivity contribution < 1.29 is 9.47 Å². The van der Waals surface area contributed by atoms with E-state index in [1.54, 1.807) is 26.0 Å². The normalized spacial score (nSPS) is 11.3. The molecule has 0 aliphatic carbocycles. The van der Waals surface area contributed by atoms with Gasteiger partial charge in [-0.05, 0) is 78.1 Å². The van der Waals surface area contributed by atoms with E-state index in [9.17, 15) is 0 Å². The highest BCUT2D eigenvalue weighted by molar-refractivity contribution is 8.13. The second-order valence-electron chi connectivity index (χ2n) is 8.99. The summed E-state index contributed by atoms with van der Waals surface area (Å²) < 4.78 is 10.7. The van der Waals surface area contributed by atoms with Crippen molar-refractivity contribution in [3.63, 3.8) is 0 Å². The summed E-state index contributed by atoms with van der Waals surface area (Å²) in [5.41, 5.74) is 7.14. The first-order chi connectivity index (χ1) is 18.0. The minimum absolute atomic E-state index is 0.724. The third kappa shape index (κ3) is 7.64. The molecular formula is C32H34N2O2S. The lowest BCUT2D eigenvalue weighted by molar-refractivity contribution is 0.405. The average Bonchev–Trinajstić information content (AvgIpc) is 2.94. The second kappa shape index (κ2) is 13.0. The summed E-state index contributed by atoms with van der Waals surface area (Å²) >= 11 is 1.77. The Balaban J connectivity index is 1.70. The Labute approximate surface area is 225 Å². The topological polar surface area (TPSA) is 34.1 Å². The molecular weight excluding hydrogens is 476 g/mol. The molecule has 0 radical (unpaired) electrons. The minimum Gasteiger partial charge on any atom is -0.497 e. The first kappa shape index (κ1) is 26.4. The Kier molecular flexibility index (Phi) is 9.28. The van der Waals surface area contributed by atoms with E-state index in [2.05, 4.69) is 91.5 Å². The molecule has 190 valence electrons. The van der Waals surface area contributed by atoms with Gasteiger partial charge in [0.1, 0.15) is 11.5 Å². The van der Waals surface area contributed by atoms with Gasteiger partial charge in [0.05, 0.1) is 19.9 Å². The van der Waals surface area contributed by atoms with Gasteiger partial charge in [-0.3, -0.25) is 0 Å². The maximum Gasteiger partial charge on any atom is 0.165 e. The van der Waals surface area contributed by atoms with Gasteiger partial charge in [0.2, 0.25) is 0 Å². The highest BCUT2D eigenvalue weighted by atomic mass is 32.2. The number of hydrogen-bond acceptors (Lipinski definition) is 4. The van der Waals surface area contributed by atoms with Crippen molar-refractivity contribution in [3.8, 4) is 11.5 Å². The number of aliphatic imine (C=N–C) groups is 1.